The Kier molecular flexibility index (Phi) is 16.4. The van der Waals surface area contributed by atoms with Crippen LogP contribution in [0.2, 0.25) is 0 Å². The second-order valence-electron chi connectivity index (χ2n) is 9.05. The van der Waals surface area contributed by atoms with Gasteiger partial charge in [-0.2, -0.15) is 0 Å². The second-order valence-corrected chi connectivity index (χ2v) is 9.05. The van der Waals surface area contributed by atoms with Crippen molar-refractivity contribution in [2.75, 3.05) is 0 Å². The van der Waals surface area contributed by atoms with Gasteiger partial charge < -0.3 is 22.9 Å². The highest BCUT2D eigenvalue weighted by atomic mass is 15.2. The highest BCUT2D eigenvalue weighted by Crippen LogP contribution is 2.33. The third-order valence-electron chi connectivity index (χ3n) is 6.32. The van der Waals surface area contributed by atoms with E-state index in [1.165, 1.54) is 57.8 Å². The molecule has 0 bridgehead atoms. The zero-order valence-corrected chi connectivity index (χ0v) is 20.5. The van der Waals surface area contributed by atoms with Crippen LogP contribution in [0, 0.1) is 11.8 Å². The molecule has 0 rings (SSSR count). The molecule has 0 aliphatic rings. The molecule has 0 aromatic heterocycles. The predicted molar refractivity (Wildman–Crippen MR) is 133 cm³/mol. The number of hydrogen-bond donors (Lipinski definition) is 4. The molecule has 0 aliphatic carbocycles. The van der Waals surface area contributed by atoms with Gasteiger partial charge in [0.05, 0.1) is 0 Å². The molecule has 30 heavy (non-hydrogen) atoms. The van der Waals surface area contributed by atoms with Crippen LogP contribution in [0.3, 0.4) is 0 Å². The Hall–Kier alpha value is -1.46. The average Bonchev–Trinajstić information content (AvgIpc) is 2.69. The fourth-order valence-corrected chi connectivity index (χ4v) is 4.46. The van der Waals surface area contributed by atoms with Crippen molar-refractivity contribution in [3.8, 4) is 0 Å². The summed E-state index contributed by atoms with van der Waals surface area (Å²) in [4.78, 5) is 9.12. The summed E-state index contributed by atoms with van der Waals surface area (Å²) >= 11 is 0. The summed E-state index contributed by atoms with van der Waals surface area (Å²) < 4.78 is 0. The molecule has 178 valence electrons. The van der Waals surface area contributed by atoms with Crippen molar-refractivity contribution in [3.63, 3.8) is 0 Å². The van der Waals surface area contributed by atoms with Gasteiger partial charge in [0.15, 0.2) is 17.6 Å². The molecule has 0 saturated heterocycles. The average molecular weight is 425 g/mol. The van der Waals surface area contributed by atoms with E-state index >= 15 is 0 Å². The second kappa shape index (κ2) is 17.2. The minimum Gasteiger partial charge on any atom is -0.370 e. The van der Waals surface area contributed by atoms with Crippen molar-refractivity contribution in [2.45, 2.75) is 130 Å². The smallest absolute Gasteiger partial charge is 0.188 e. The van der Waals surface area contributed by atoms with Gasteiger partial charge in [0.25, 0.3) is 0 Å². The van der Waals surface area contributed by atoms with Crippen molar-refractivity contribution in [1.82, 2.24) is 0 Å². The van der Waals surface area contributed by atoms with Crippen molar-refractivity contribution in [3.05, 3.63) is 0 Å². The molecule has 0 fully saturated rings. The Labute approximate surface area is 186 Å². The highest BCUT2D eigenvalue weighted by Gasteiger charge is 2.32. The lowest BCUT2D eigenvalue weighted by Gasteiger charge is -2.30. The van der Waals surface area contributed by atoms with Gasteiger partial charge >= 0.3 is 0 Å². The first-order valence-electron chi connectivity index (χ1n) is 12.5. The summed E-state index contributed by atoms with van der Waals surface area (Å²) in [6.45, 7) is 9.04. The fourth-order valence-electron chi connectivity index (χ4n) is 4.46. The molecule has 0 saturated carbocycles. The Morgan fingerprint density at radius 3 is 1.57 bits per heavy atom. The number of rotatable bonds is 19. The zero-order chi connectivity index (χ0) is 22.8. The van der Waals surface area contributed by atoms with Crippen LogP contribution in [-0.4, -0.2) is 17.6 Å². The lowest BCUT2D eigenvalue weighted by atomic mass is 9.86. The molecule has 6 nitrogen and oxygen atoms in total. The third kappa shape index (κ3) is 13.7. The van der Waals surface area contributed by atoms with Crippen LogP contribution in [0.15, 0.2) is 9.98 Å². The number of aliphatic imine (C=N–C) groups is 2. The number of hydrogen-bond acceptors (Lipinski definition) is 2. The Bertz CT molecular complexity index is 448. The van der Waals surface area contributed by atoms with Gasteiger partial charge in [-0.15, -0.1) is 0 Å². The molecule has 0 aromatic carbocycles. The normalized spacial score (nSPS) is 13.6. The van der Waals surface area contributed by atoms with Gasteiger partial charge in [-0.3, -0.25) is 0 Å². The van der Waals surface area contributed by atoms with E-state index < -0.39 is 5.66 Å². The maximum Gasteiger partial charge on any atom is 0.188 e. The van der Waals surface area contributed by atoms with E-state index in [4.69, 9.17) is 22.9 Å². The third-order valence-corrected chi connectivity index (χ3v) is 6.32. The summed E-state index contributed by atoms with van der Waals surface area (Å²) in [6.07, 6.45) is 17.6. The highest BCUT2D eigenvalue weighted by molar-refractivity contribution is 5.78. The molecular weight excluding hydrogens is 372 g/mol. The summed E-state index contributed by atoms with van der Waals surface area (Å²) in [5.41, 5.74) is 22.4. The first-order valence-corrected chi connectivity index (χ1v) is 12.5. The molecule has 8 N–H and O–H groups in total. The summed E-state index contributed by atoms with van der Waals surface area (Å²) in [7, 11) is 0. The van der Waals surface area contributed by atoms with E-state index in [-0.39, 0.29) is 11.9 Å². The maximum absolute atomic E-state index is 5.79. The predicted octanol–water partition coefficient (Wildman–Crippen LogP) is 5.39. The Balaban J connectivity index is 4.88. The molecular formula is C24H52N6. The van der Waals surface area contributed by atoms with Gasteiger partial charge in [0.2, 0.25) is 0 Å². The lowest BCUT2D eigenvalue weighted by Crippen LogP contribution is -2.38. The van der Waals surface area contributed by atoms with E-state index in [1.54, 1.807) is 0 Å². The van der Waals surface area contributed by atoms with Gasteiger partial charge in [-0.05, 0) is 31.1 Å². The van der Waals surface area contributed by atoms with E-state index in [9.17, 15) is 0 Å². The summed E-state index contributed by atoms with van der Waals surface area (Å²) in [5, 5.41) is 0. The minimum absolute atomic E-state index is 0.0621. The maximum atomic E-state index is 5.79. The van der Waals surface area contributed by atoms with Crippen molar-refractivity contribution < 1.29 is 0 Å². The quantitative estimate of drug-likeness (QED) is 0.126. The molecule has 0 heterocycles. The largest absolute Gasteiger partial charge is 0.370 e. The molecule has 0 aromatic rings. The topological polar surface area (TPSA) is 129 Å². The monoisotopic (exact) mass is 424 g/mol. The van der Waals surface area contributed by atoms with E-state index in [0.29, 0.717) is 5.92 Å². The zero-order valence-electron chi connectivity index (χ0n) is 20.5. The van der Waals surface area contributed by atoms with Crippen molar-refractivity contribution in [2.24, 2.45) is 44.8 Å². The Morgan fingerprint density at radius 2 is 1.10 bits per heavy atom. The number of nitrogens with zero attached hydrogens (tertiary/aromatic N) is 2. The molecule has 0 spiro atoms. The molecule has 0 amide bonds. The summed E-state index contributed by atoms with van der Waals surface area (Å²) in [5.74, 6) is 1.52. The van der Waals surface area contributed by atoms with Gasteiger partial charge in [-0.25, -0.2) is 9.98 Å². The molecule has 0 radical (unpaired) electrons. The van der Waals surface area contributed by atoms with Crippen molar-refractivity contribution in [1.29, 1.82) is 0 Å². The molecule has 6 heteroatoms. The van der Waals surface area contributed by atoms with Crippen LogP contribution in [0.1, 0.15) is 124 Å². The van der Waals surface area contributed by atoms with Gasteiger partial charge in [-0.1, -0.05) is 105 Å². The molecule has 2 atom stereocenters. The SMILES string of the molecule is CCCCC(CC)CCCCCCC(CC(CC)CCCC)(N=C(N)N)N=C(N)N. The first kappa shape index (κ1) is 28.5. The number of guanidine groups is 2. The van der Waals surface area contributed by atoms with Crippen LogP contribution in [-0.2, 0) is 0 Å². The van der Waals surface area contributed by atoms with E-state index in [2.05, 4.69) is 37.7 Å². The lowest BCUT2D eigenvalue weighted by molar-refractivity contribution is 0.279. The fraction of sp³-hybridized carbons (Fsp3) is 0.917. The van der Waals surface area contributed by atoms with Crippen LogP contribution in [0.25, 0.3) is 0 Å². The van der Waals surface area contributed by atoms with E-state index in [1.807, 2.05) is 0 Å². The Morgan fingerprint density at radius 1 is 0.633 bits per heavy atom. The number of nitrogens with two attached hydrogens (primary N) is 4. The standard InChI is InChI=1S/C24H52N6/c1-5-9-15-20(7-3)17-13-11-12-14-18-24(29-22(25)26,30-23(27)28)19-21(8-4)16-10-6-2/h20-21H,5-19H2,1-4H3,(H4,25,26,29)(H4,27,28,30). The number of unbranched alkanes of at least 4 members (excludes halogenated alkanes) is 5. The van der Waals surface area contributed by atoms with Crippen LogP contribution in [0.4, 0.5) is 0 Å². The van der Waals surface area contributed by atoms with Crippen LogP contribution < -0.4 is 22.9 Å². The first-order chi connectivity index (χ1) is 14.3. The molecule has 2 unspecified atom stereocenters. The minimum atomic E-state index is -0.723. The van der Waals surface area contributed by atoms with Gasteiger partial charge in [0.1, 0.15) is 0 Å². The van der Waals surface area contributed by atoms with Crippen molar-refractivity contribution >= 4 is 11.9 Å². The van der Waals surface area contributed by atoms with Crippen LogP contribution >= 0.6 is 0 Å². The van der Waals surface area contributed by atoms with Gasteiger partial charge in [0, 0.05) is 0 Å². The molecule has 0 aliphatic heterocycles. The van der Waals surface area contributed by atoms with E-state index in [0.717, 1.165) is 44.4 Å². The summed E-state index contributed by atoms with van der Waals surface area (Å²) in [6, 6.07) is 0. The van der Waals surface area contributed by atoms with Crippen LogP contribution in [0.5, 0.6) is 0 Å².